The number of halogens is 1. The summed E-state index contributed by atoms with van der Waals surface area (Å²) in [4.78, 5) is 14.7. The lowest BCUT2D eigenvalue weighted by Gasteiger charge is -2.08. The van der Waals surface area contributed by atoms with Gasteiger partial charge in [-0.2, -0.15) is 0 Å². The second-order valence-corrected chi connectivity index (χ2v) is 3.43. The second kappa shape index (κ2) is 3.52. The molecule has 0 saturated carbocycles. The maximum absolute atomic E-state index is 10.8. The number of imidazole rings is 1. The summed E-state index contributed by atoms with van der Waals surface area (Å²) in [5.74, 6) is -1.10. The highest BCUT2D eigenvalue weighted by atomic mass is 35.5. The second-order valence-electron chi connectivity index (χ2n) is 3.07. The number of hydrogen-bond donors (Lipinski definition) is 2. The van der Waals surface area contributed by atoms with Crippen molar-refractivity contribution >= 4 is 23.1 Å². The Morgan fingerprint density at radius 3 is 3.07 bits per heavy atom. The van der Waals surface area contributed by atoms with Crippen molar-refractivity contribution in [2.24, 2.45) is 5.73 Å². The van der Waals surface area contributed by atoms with Gasteiger partial charge in [-0.15, -0.1) is 0 Å². The van der Waals surface area contributed by atoms with Gasteiger partial charge in [0.25, 0.3) is 0 Å². The van der Waals surface area contributed by atoms with Gasteiger partial charge in [-0.05, 0) is 6.07 Å². The molecule has 0 aliphatic heterocycles. The number of carboxylic acids is 1. The van der Waals surface area contributed by atoms with Crippen LogP contribution in [0.4, 0.5) is 0 Å². The first-order valence-electron chi connectivity index (χ1n) is 4.20. The van der Waals surface area contributed by atoms with Crippen LogP contribution < -0.4 is 5.73 Å². The van der Waals surface area contributed by atoms with Gasteiger partial charge in [0.1, 0.15) is 12.4 Å². The van der Waals surface area contributed by atoms with Crippen LogP contribution in [-0.4, -0.2) is 20.5 Å². The molecule has 0 fully saturated rings. The summed E-state index contributed by atoms with van der Waals surface area (Å²) in [6.07, 6.45) is 3.24. The van der Waals surface area contributed by atoms with Gasteiger partial charge < -0.3 is 15.2 Å². The third kappa shape index (κ3) is 1.55. The maximum Gasteiger partial charge on any atom is 0.325 e. The number of aromatic nitrogens is 2. The van der Waals surface area contributed by atoms with Crippen molar-refractivity contribution in [3.05, 3.63) is 35.4 Å². The first-order chi connectivity index (χ1) is 7.11. The lowest BCUT2D eigenvalue weighted by molar-refractivity contribution is -0.138. The Bertz CT molecular complexity index is 523. The first-order valence-corrected chi connectivity index (χ1v) is 4.58. The Kier molecular flexibility index (Phi) is 2.34. The summed E-state index contributed by atoms with van der Waals surface area (Å²) in [7, 11) is 0. The Morgan fingerprint density at radius 2 is 2.40 bits per heavy atom. The smallest absolute Gasteiger partial charge is 0.325 e. The molecular weight excluding hydrogens is 218 g/mol. The minimum absolute atomic E-state index is 0.252. The molecule has 0 radical (unpaired) electrons. The molecule has 2 aromatic rings. The third-order valence-corrected chi connectivity index (χ3v) is 2.42. The van der Waals surface area contributed by atoms with E-state index in [9.17, 15) is 4.79 Å². The van der Waals surface area contributed by atoms with E-state index in [0.717, 1.165) is 0 Å². The van der Waals surface area contributed by atoms with Crippen molar-refractivity contribution in [3.63, 3.8) is 0 Å². The van der Waals surface area contributed by atoms with Gasteiger partial charge in [0.2, 0.25) is 0 Å². The van der Waals surface area contributed by atoms with Gasteiger partial charge in [-0.25, -0.2) is 4.98 Å². The Labute approximate surface area is 90.1 Å². The summed E-state index contributed by atoms with van der Waals surface area (Å²) >= 11 is 5.85. The van der Waals surface area contributed by atoms with E-state index in [2.05, 4.69) is 4.98 Å². The van der Waals surface area contributed by atoms with E-state index in [-0.39, 0.29) is 5.15 Å². The quantitative estimate of drug-likeness (QED) is 0.801. The zero-order valence-corrected chi connectivity index (χ0v) is 8.35. The van der Waals surface area contributed by atoms with Crippen LogP contribution in [0.1, 0.15) is 11.6 Å². The highest BCUT2D eigenvalue weighted by Gasteiger charge is 2.19. The molecule has 2 aromatic heterocycles. The van der Waals surface area contributed by atoms with Crippen LogP contribution in [0.3, 0.4) is 0 Å². The predicted molar refractivity (Wildman–Crippen MR) is 54.8 cm³/mol. The van der Waals surface area contributed by atoms with E-state index in [0.29, 0.717) is 11.1 Å². The molecule has 2 rings (SSSR count). The van der Waals surface area contributed by atoms with Crippen molar-refractivity contribution in [1.82, 2.24) is 9.38 Å². The number of carbonyl (C=O) groups is 1. The highest BCUT2D eigenvalue weighted by molar-refractivity contribution is 6.32. The first kappa shape index (κ1) is 9.95. The van der Waals surface area contributed by atoms with Gasteiger partial charge in [0.15, 0.2) is 5.15 Å². The molecule has 3 N–H and O–H groups in total. The van der Waals surface area contributed by atoms with E-state index in [1.807, 2.05) is 0 Å². The Morgan fingerprint density at radius 1 is 1.67 bits per heavy atom. The number of fused-ring (bicyclic) bond motifs is 1. The molecule has 5 nitrogen and oxygen atoms in total. The molecular formula is C9H8ClN3O2. The topological polar surface area (TPSA) is 80.6 Å². The molecule has 78 valence electrons. The number of aliphatic carboxylic acids is 1. The van der Waals surface area contributed by atoms with E-state index >= 15 is 0 Å². The highest BCUT2D eigenvalue weighted by Crippen LogP contribution is 2.23. The van der Waals surface area contributed by atoms with Crippen molar-refractivity contribution in [1.29, 1.82) is 0 Å². The lowest BCUT2D eigenvalue weighted by atomic mass is 10.1. The SMILES string of the molecule is NC(C(=O)O)c1cccn2cnc(Cl)c12. The molecule has 0 aliphatic carbocycles. The molecule has 2 heterocycles. The summed E-state index contributed by atoms with van der Waals surface area (Å²) < 4.78 is 1.64. The molecule has 6 heteroatoms. The monoisotopic (exact) mass is 225 g/mol. The van der Waals surface area contributed by atoms with E-state index in [4.69, 9.17) is 22.4 Å². The molecule has 1 atom stereocenters. The van der Waals surface area contributed by atoms with Gasteiger partial charge >= 0.3 is 5.97 Å². The molecule has 0 spiro atoms. The summed E-state index contributed by atoms with van der Waals surface area (Å²) in [5, 5.41) is 9.08. The molecule has 0 saturated heterocycles. The fourth-order valence-electron chi connectivity index (χ4n) is 1.42. The van der Waals surface area contributed by atoms with Crippen LogP contribution in [0.5, 0.6) is 0 Å². The van der Waals surface area contributed by atoms with Crippen LogP contribution in [0.2, 0.25) is 5.15 Å². The van der Waals surface area contributed by atoms with Crippen LogP contribution in [-0.2, 0) is 4.79 Å². The van der Waals surface area contributed by atoms with Gasteiger partial charge in [-0.3, -0.25) is 4.79 Å². The standard InChI is InChI=1S/C9H8ClN3O2/c10-8-7-5(6(11)9(14)15)2-1-3-13(7)4-12-8/h1-4,6H,11H2,(H,14,15). The zero-order valence-electron chi connectivity index (χ0n) is 7.59. The average molecular weight is 226 g/mol. The van der Waals surface area contributed by atoms with Crippen LogP contribution in [0.15, 0.2) is 24.7 Å². The van der Waals surface area contributed by atoms with Crippen LogP contribution in [0, 0.1) is 0 Å². The molecule has 15 heavy (non-hydrogen) atoms. The van der Waals surface area contributed by atoms with Gasteiger partial charge in [0, 0.05) is 11.8 Å². The number of carboxylic acid groups (broad SMARTS) is 1. The van der Waals surface area contributed by atoms with Crippen molar-refractivity contribution in [2.45, 2.75) is 6.04 Å². The Balaban J connectivity index is 2.69. The fourth-order valence-corrected chi connectivity index (χ4v) is 1.67. The molecule has 0 bridgehead atoms. The number of pyridine rings is 1. The van der Waals surface area contributed by atoms with Crippen LogP contribution >= 0.6 is 11.6 Å². The van der Waals surface area contributed by atoms with Gasteiger partial charge in [-0.1, -0.05) is 17.7 Å². The summed E-state index contributed by atoms with van der Waals surface area (Å²) in [6.45, 7) is 0. The molecule has 0 amide bonds. The molecule has 0 aliphatic rings. The summed E-state index contributed by atoms with van der Waals surface area (Å²) in [6, 6.07) is 2.23. The molecule has 0 aromatic carbocycles. The van der Waals surface area contributed by atoms with Crippen molar-refractivity contribution < 1.29 is 9.90 Å². The lowest BCUT2D eigenvalue weighted by Crippen LogP contribution is -2.21. The van der Waals surface area contributed by atoms with Crippen molar-refractivity contribution in [3.8, 4) is 0 Å². The van der Waals surface area contributed by atoms with Crippen LogP contribution in [0.25, 0.3) is 5.52 Å². The number of rotatable bonds is 2. The number of nitrogens with zero attached hydrogens (tertiary/aromatic N) is 2. The van der Waals surface area contributed by atoms with E-state index < -0.39 is 12.0 Å². The largest absolute Gasteiger partial charge is 0.480 e. The predicted octanol–water partition coefficient (Wildman–Crippen LogP) is 1.07. The van der Waals surface area contributed by atoms with Gasteiger partial charge in [0.05, 0.1) is 5.52 Å². The normalized spacial score (nSPS) is 12.9. The summed E-state index contributed by atoms with van der Waals surface area (Å²) in [5.41, 5.74) is 6.52. The maximum atomic E-state index is 10.8. The third-order valence-electron chi connectivity index (χ3n) is 2.15. The minimum Gasteiger partial charge on any atom is -0.480 e. The zero-order chi connectivity index (χ0) is 11.0. The average Bonchev–Trinajstić information content (AvgIpc) is 2.59. The van der Waals surface area contributed by atoms with Crippen molar-refractivity contribution in [2.75, 3.05) is 0 Å². The van der Waals surface area contributed by atoms with E-state index in [1.54, 1.807) is 22.7 Å². The molecule has 1 unspecified atom stereocenters. The minimum atomic E-state index is -1.10. The number of hydrogen-bond acceptors (Lipinski definition) is 3. The number of nitrogens with two attached hydrogens (primary N) is 1. The fraction of sp³-hybridized carbons (Fsp3) is 0.111. The Hall–Kier alpha value is -1.59. The van der Waals surface area contributed by atoms with E-state index in [1.165, 1.54) is 6.33 Å².